The van der Waals surface area contributed by atoms with E-state index in [9.17, 15) is 4.79 Å². The second-order valence-electron chi connectivity index (χ2n) is 7.28. The highest BCUT2D eigenvalue weighted by molar-refractivity contribution is 5.80. The summed E-state index contributed by atoms with van der Waals surface area (Å²) in [5.41, 5.74) is 5.12. The first-order chi connectivity index (χ1) is 14.7. The van der Waals surface area contributed by atoms with Crippen molar-refractivity contribution in [2.75, 3.05) is 0 Å². The summed E-state index contributed by atoms with van der Waals surface area (Å²) >= 11 is 0. The number of nitrogens with one attached hydrogen (secondary N) is 1. The van der Waals surface area contributed by atoms with Gasteiger partial charge in [-0.25, -0.2) is 4.98 Å². The Hall–Kier alpha value is -3.84. The summed E-state index contributed by atoms with van der Waals surface area (Å²) in [6.07, 6.45) is 5.87. The monoisotopic (exact) mass is 393 g/mol. The van der Waals surface area contributed by atoms with E-state index in [1.54, 1.807) is 0 Å². The van der Waals surface area contributed by atoms with Crippen LogP contribution in [0.1, 0.15) is 24.4 Å². The summed E-state index contributed by atoms with van der Waals surface area (Å²) in [6, 6.07) is 25.9. The van der Waals surface area contributed by atoms with E-state index in [0.29, 0.717) is 13.0 Å². The van der Waals surface area contributed by atoms with Gasteiger partial charge in [0.25, 0.3) is 0 Å². The Kier molecular flexibility index (Phi) is 5.63. The van der Waals surface area contributed by atoms with Crippen LogP contribution >= 0.6 is 0 Å². The Bertz CT molecular complexity index is 1200. The third-order valence-corrected chi connectivity index (χ3v) is 5.12. The van der Waals surface area contributed by atoms with Gasteiger partial charge in [0.1, 0.15) is 5.82 Å². The molecular weight excluding hydrogens is 370 g/mol. The molecule has 4 aromatic rings. The predicted octanol–water partition coefficient (Wildman–Crippen LogP) is 4.76. The minimum absolute atomic E-state index is 0.0470. The standard InChI is InChI=1S/C26H23N3O/c1-3-17-29-24-12-8-7-11-23(24)28-26(29)19(2)27-25(30)18-20-13-15-22(16-14-20)21-9-5-4-6-10-21/h1,4-16,19H,17-18H2,2H3,(H,27,30). The van der Waals surface area contributed by atoms with Crippen LogP contribution in [0.5, 0.6) is 0 Å². The Morgan fingerprint density at radius 3 is 2.40 bits per heavy atom. The van der Waals surface area contributed by atoms with Gasteiger partial charge in [0, 0.05) is 0 Å². The van der Waals surface area contributed by atoms with E-state index in [1.807, 2.05) is 78.2 Å². The number of nitrogens with zero attached hydrogens (tertiary/aromatic N) is 2. The second-order valence-corrected chi connectivity index (χ2v) is 7.28. The molecule has 0 radical (unpaired) electrons. The van der Waals surface area contributed by atoms with Gasteiger partial charge in [0.05, 0.1) is 30.0 Å². The van der Waals surface area contributed by atoms with Crippen molar-refractivity contribution in [3.63, 3.8) is 0 Å². The predicted molar refractivity (Wildman–Crippen MR) is 121 cm³/mol. The fraction of sp³-hybridized carbons (Fsp3) is 0.154. The third kappa shape index (κ3) is 4.11. The maximum absolute atomic E-state index is 12.6. The molecule has 0 saturated heterocycles. The van der Waals surface area contributed by atoms with Crippen LogP contribution in [0.4, 0.5) is 0 Å². The molecule has 0 fully saturated rings. The molecule has 0 spiro atoms. The molecule has 148 valence electrons. The second kappa shape index (κ2) is 8.67. The van der Waals surface area contributed by atoms with Gasteiger partial charge in [0.2, 0.25) is 5.91 Å². The molecule has 1 N–H and O–H groups in total. The molecule has 0 aliphatic heterocycles. The highest BCUT2D eigenvalue weighted by Gasteiger charge is 2.18. The molecule has 30 heavy (non-hydrogen) atoms. The number of imidazole rings is 1. The normalized spacial score (nSPS) is 11.7. The van der Waals surface area contributed by atoms with Crippen LogP contribution in [0, 0.1) is 12.3 Å². The summed E-state index contributed by atoms with van der Waals surface area (Å²) in [7, 11) is 0. The lowest BCUT2D eigenvalue weighted by Crippen LogP contribution is -2.30. The molecule has 4 heteroatoms. The Balaban J connectivity index is 1.46. The van der Waals surface area contributed by atoms with Crippen LogP contribution in [0.3, 0.4) is 0 Å². The fourth-order valence-corrected chi connectivity index (χ4v) is 3.67. The van der Waals surface area contributed by atoms with Crippen molar-refractivity contribution in [1.29, 1.82) is 0 Å². The molecule has 1 atom stereocenters. The number of rotatable bonds is 6. The average molecular weight is 393 g/mol. The van der Waals surface area contributed by atoms with Crippen LogP contribution in [0.15, 0.2) is 78.9 Å². The Labute approximate surface area is 176 Å². The highest BCUT2D eigenvalue weighted by atomic mass is 16.1. The molecule has 4 rings (SSSR count). The lowest BCUT2D eigenvalue weighted by molar-refractivity contribution is -0.121. The van der Waals surface area contributed by atoms with Gasteiger partial charge in [-0.3, -0.25) is 4.79 Å². The molecule has 1 unspecified atom stereocenters. The van der Waals surface area contributed by atoms with Crippen LogP contribution in [0.25, 0.3) is 22.2 Å². The number of carbonyl (C=O) groups is 1. The number of aromatic nitrogens is 2. The van der Waals surface area contributed by atoms with E-state index in [1.165, 1.54) is 0 Å². The van der Waals surface area contributed by atoms with Gasteiger partial charge in [-0.2, -0.15) is 0 Å². The number of benzene rings is 3. The van der Waals surface area contributed by atoms with Gasteiger partial charge >= 0.3 is 0 Å². The zero-order valence-corrected chi connectivity index (χ0v) is 16.9. The maximum atomic E-state index is 12.6. The molecule has 1 amide bonds. The number of carbonyl (C=O) groups excluding carboxylic acids is 1. The first-order valence-corrected chi connectivity index (χ1v) is 9.98. The summed E-state index contributed by atoms with van der Waals surface area (Å²) in [5, 5.41) is 3.06. The molecule has 0 bridgehead atoms. The van der Waals surface area contributed by atoms with Crippen molar-refractivity contribution in [3.8, 4) is 23.5 Å². The third-order valence-electron chi connectivity index (χ3n) is 5.12. The summed E-state index contributed by atoms with van der Waals surface area (Å²) in [4.78, 5) is 17.3. The molecule has 3 aromatic carbocycles. The van der Waals surface area contributed by atoms with Crippen molar-refractivity contribution >= 4 is 16.9 Å². The van der Waals surface area contributed by atoms with Crippen molar-refractivity contribution in [2.45, 2.75) is 25.9 Å². The summed E-state index contributed by atoms with van der Waals surface area (Å²) in [5.74, 6) is 3.40. The smallest absolute Gasteiger partial charge is 0.224 e. The van der Waals surface area contributed by atoms with Gasteiger partial charge in [-0.05, 0) is 35.7 Å². The van der Waals surface area contributed by atoms with Gasteiger partial charge in [-0.15, -0.1) is 6.42 Å². The number of para-hydroxylation sites is 2. The largest absolute Gasteiger partial charge is 0.346 e. The van der Waals surface area contributed by atoms with Crippen LogP contribution < -0.4 is 5.32 Å². The first-order valence-electron chi connectivity index (χ1n) is 9.98. The van der Waals surface area contributed by atoms with Crippen molar-refractivity contribution in [1.82, 2.24) is 14.9 Å². The Morgan fingerprint density at radius 2 is 1.67 bits per heavy atom. The zero-order chi connectivity index (χ0) is 20.9. The topological polar surface area (TPSA) is 46.9 Å². The van der Waals surface area contributed by atoms with E-state index in [0.717, 1.165) is 33.5 Å². The molecule has 0 saturated carbocycles. The van der Waals surface area contributed by atoms with Crippen LogP contribution in [-0.2, 0) is 17.8 Å². The summed E-state index contributed by atoms with van der Waals surface area (Å²) in [6.45, 7) is 2.35. The number of terminal acetylenes is 1. The van der Waals surface area contributed by atoms with Gasteiger partial charge in [0.15, 0.2) is 0 Å². The first kappa shape index (κ1) is 19.5. The Morgan fingerprint density at radius 1 is 1.00 bits per heavy atom. The minimum atomic E-state index is -0.248. The van der Waals surface area contributed by atoms with Gasteiger partial charge < -0.3 is 9.88 Å². The van der Waals surface area contributed by atoms with E-state index in [4.69, 9.17) is 6.42 Å². The molecule has 1 aromatic heterocycles. The SMILES string of the molecule is C#CCn1c(C(C)NC(=O)Cc2ccc(-c3ccccc3)cc2)nc2ccccc21. The summed E-state index contributed by atoms with van der Waals surface area (Å²) < 4.78 is 1.98. The molecule has 0 aliphatic carbocycles. The number of fused-ring (bicyclic) bond motifs is 1. The zero-order valence-electron chi connectivity index (χ0n) is 16.9. The van der Waals surface area contributed by atoms with Crippen LogP contribution in [0.2, 0.25) is 0 Å². The van der Waals surface area contributed by atoms with E-state index in [-0.39, 0.29) is 11.9 Å². The van der Waals surface area contributed by atoms with Crippen molar-refractivity contribution in [2.24, 2.45) is 0 Å². The lowest BCUT2D eigenvalue weighted by Gasteiger charge is -2.15. The minimum Gasteiger partial charge on any atom is -0.346 e. The highest BCUT2D eigenvalue weighted by Crippen LogP contribution is 2.22. The average Bonchev–Trinajstić information content (AvgIpc) is 3.14. The van der Waals surface area contributed by atoms with Crippen LogP contribution in [-0.4, -0.2) is 15.5 Å². The number of amides is 1. The molecular formula is C26H23N3O. The van der Waals surface area contributed by atoms with Crippen molar-refractivity contribution < 1.29 is 4.79 Å². The van der Waals surface area contributed by atoms with E-state index < -0.39 is 0 Å². The quantitative estimate of drug-likeness (QED) is 0.480. The molecule has 1 heterocycles. The molecule has 0 aliphatic rings. The number of hydrogen-bond acceptors (Lipinski definition) is 2. The fourth-order valence-electron chi connectivity index (χ4n) is 3.67. The molecule has 4 nitrogen and oxygen atoms in total. The van der Waals surface area contributed by atoms with Crippen molar-refractivity contribution in [3.05, 3.63) is 90.3 Å². The van der Waals surface area contributed by atoms with E-state index in [2.05, 4.69) is 28.4 Å². The maximum Gasteiger partial charge on any atom is 0.224 e. The number of hydrogen-bond donors (Lipinski definition) is 1. The van der Waals surface area contributed by atoms with E-state index >= 15 is 0 Å². The van der Waals surface area contributed by atoms with Gasteiger partial charge in [-0.1, -0.05) is 72.7 Å². The lowest BCUT2D eigenvalue weighted by atomic mass is 10.0.